The van der Waals surface area contributed by atoms with Crippen molar-refractivity contribution < 1.29 is 14.6 Å². The molecule has 0 bridgehead atoms. The molecule has 1 amide bonds. The molecule has 1 heterocycles. The average molecular weight is 304 g/mol. The molecule has 0 radical (unpaired) electrons. The van der Waals surface area contributed by atoms with E-state index >= 15 is 0 Å². The standard InChI is InChI=1S/C17H24N2O3/c1-11(2)17(3,21)10-19-15(20)8-12-9-18-13-6-5-7-14(22-4)16(12)13/h5-7,9,11,18,21H,8,10H2,1-4H3,(H,19,20). The lowest BCUT2D eigenvalue weighted by molar-refractivity contribution is -0.122. The predicted octanol–water partition coefficient (Wildman–Crippen LogP) is 2.24. The van der Waals surface area contributed by atoms with Gasteiger partial charge in [-0.3, -0.25) is 4.79 Å². The molecule has 0 aliphatic heterocycles. The number of aromatic amines is 1. The molecule has 0 saturated heterocycles. The van der Waals surface area contributed by atoms with Crippen LogP contribution >= 0.6 is 0 Å². The maximum Gasteiger partial charge on any atom is 0.224 e. The Kier molecular flexibility index (Phi) is 4.76. The molecule has 2 rings (SSSR count). The molecule has 3 N–H and O–H groups in total. The molecular weight excluding hydrogens is 280 g/mol. The molecule has 0 spiro atoms. The minimum Gasteiger partial charge on any atom is -0.496 e. The van der Waals surface area contributed by atoms with E-state index in [1.807, 2.05) is 38.2 Å². The zero-order valence-electron chi connectivity index (χ0n) is 13.6. The van der Waals surface area contributed by atoms with Crippen LogP contribution in [0.15, 0.2) is 24.4 Å². The van der Waals surface area contributed by atoms with Crippen molar-refractivity contribution in [2.24, 2.45) is 5.92 Å². The van der Waals surface area contributed by atoms with Gasteiger partial charge in [-0.1, -0.05) is 19.9 Å². The molecule has 120 valence electrons. The highest BCUT2D eigenvalue weighted by molar-refractivity contribution is 5.93. The highest BCUT2D eigenvalue weighted by atomic mass is 16.5. The summed E-state index contributed by atoms with van der Waals surface area (Å²) < 4.78 is 5.36. The fourth-order valence-corrected chi connectivity index (χ4v) is 2.25. The third kappa shape index (κ3) is 3.42. The van der Waals surface area contributed by atoms with Gasteiger partial charge in [0.1, 0.15) is 5.75 Å². The van der Waals surface area contributed by atoms with Crippen molar-refractivity contribution in [3.8, 4) is 5.75 Å². The monoisotopic (exact) mass is 304 g/mol. The molecule has 0 fully saturated rings. The van der Waals surface area contributed by atoms with Gasteiger partial charge in [0, 0.05) is 23.6 Å². The van der Waals surface area contributed by atoms with Crippen molar-refractivity contribution in [2.75, 3.05) is 13.7 Å². The van der Waals surface area contributed by atoms with E-state index in [0.717, 1.165) is 22.2 Å². The van der Waals surface area contributed by atoms with Crippen LogP contribution in [0.2, 0.25) is 0 Å². The van der Waals surface area contributed by atoms with Gasteiger partial charge in [0.2, 0.25) is 5.91 Å². The Morgan fingerprint density at radius 1 is 1.45 bits per heavy atom. The van der Waals surface area contributed by atoms with Crippen molar-refractivity contribution in [2.45, 2.75) is 32.8 Å². The zero-order valence-corrected chi connectivity index (χ0v) is 13.6. The largest absolute Gasteiger partial charge is 0.496 e. The van der Waals surface area contributed by atoms with Crippen LogP contribution < -0.4 is 10.1 Å². The normalized spacial score (nSPS) is 14.1. The van der Waals surface area contributed by atoms with Gasteiger partial charge in [-0.05, 0) is 30.5 Å². The van der Waals surface area contributed by atoms with Gasteiger partial charge in [0.15, 0.2) is 0 Å². The second kappa shape index (κ2) is 6.40. The summed E-state index contributed by atoms with van der Waals surface area (Å²) in [5, 5.41) is 13.9. The van der Waals surface area contributed by atoms with E-state index < -0.39 is 5.60 Å². The Morgan fingerprint density at radius 3 is 2.82 bits per heavy atom. The van der Waals surface area contributed by atoms with Gasteiger partial charge in [-0.15, -0.1) is 0 Å². The maximum absolute atomic E-state index is 12.1. The van der Waals surface area contributed by atoms with Crippen molar-refractivity contribution in [3.05, 3.63) is 30.0 Å². The average Bonchev–Trinajstić information content (AvgIpc) is 2.88. The lowest BCUT2D eigenvalue weighted by Gasteiger charge is -2.27. The number of hydrogen-bond acceptors (Lipinski definition) is 3. The van der Waals surface area contributed by atoms with Crippen LogP contribution in [0.25, 0.3) is 10.9 Å². The van der Waals surface area contributed by atoms with Crippen LogP contribution in [0.5, 0.6) is 5.75 Å². The lowest BCUT2D eigenvalue weighted by Crippen LogP contribution is -2.44. The Morgan fingerprint density at radius 2 is 2.18 bits per heavy atom. The highest BCUT2D eigenvalue weighted by Gasteiger charge is 2.25. The minimum atomic E-state index is -0.909. The van der Waals surface area contributed by atoms with Gasteiger partial charge in [-0.2, -0.15) is 0 Å². The van der Waals surface area contributed by atoms with E-state index in [-0.39, 0.29) is 24.8 Å². The van der Waals surface area contributed by atoms with Gasteiger partial charge >= 0.3 is 0 Å². The molecule has 0 aliphatic carbocycles. The summed E-state index contributed by atoms with van der Waals surface area (Å²) in [7, 11) is 1.62. The number of amides is 1. The van der Waals surface area contributed by atoms with E-state index in [2.05, 4.69) is 10.3 Å². The van der Waals surface area contributed by atoms with E-state index in [1.165, 1.54) is 0 Å². The highest BCUT2D eigenvalue weighted by Crippen LogP contribution is 2.28. The predicted molar refractivity (Wildman–Crippen MR) is 87.0 cm³/mol. The zero-order chi connectivity index (χ0) is 16.3. The minimum absolute atomic E-state index is 0.0704. The summed E-state index contributed by atoms with van der Waals surface area (Å²) >= 11 is 0. The Bertz CT molecular complexity index is 659. The van der Waals surface area contributed by atoms with Crippen LogP contribution in [0.1, 0.15) is 26.3 Å². The van der Waals surface area contributed by atoms with Crippen molar-refractivity contribution in [3.63, 3.8) is 0 Å². The third-order valence-corrected chi connectivity index (χ3v) is 4.21. The van der Waals surface area contributed by atoms with Gasteiger partial charge in [-0.25, -0.2) is 0 Å². The summed E-state index contributed by atoms with van der Waals surface area (Å²) in [6.45, 7) is 5.82. The first-order chi connectivity index (χ1) is 10.3. The number of benzene rings is 1. The fourth-order valence-electron chi connectivity index (χ4n) is 2.25. The summed E-state index contributed by atoms with van der Waals surface area (Å²) in [6, 6.07) is 5.73. The van der Waals surface area contributed by atoms with Crippen molar-refractivity contribution in [1.82, 2.24) is 10.3 Å². The molecule has 1 unspecified atom stereocenters. The molecule has 1 aromatic heterocycles. The van der Waals surface area contributed by atoms with E-state index in [1.54, 1.807) is 14.0 Å². The number of fused-ring (bicyclic) bond motifs is 1. The fraction of sp³-hybridized carbons (Fsp3) is 0.471. The second-order valence-corrected chi connectivity index (χ2v) is 6.16. The number of nitrogens with one attached hydrogen (secondary N) is 2. The van der Waals surface area contributed by atoms with E-state index in [0.29, 0.717) is 0 Å². The van der Waals surface area contributed by atoms with Crippen LogP contribution in [0.4, 0.5) is 0 Å². The number of aromatic nitrogens is 1. The molecule has 22 heavy (non-hydrogen) atoms. The van der Waals surface area contributed by atoms with E-state index in [4.69, 9.17) is 4.74 Å². The third-order valence-electron chi connectivity index (χ3n) is 4.21. The van der Waals surface area contributed by atoms with E-state index in [9.17, 15) is 9.90 Å². The first-order valence-corrected chi connectivity index (χ1v) is 7.47. The number of hydrogen-bond donors (Lipinski definition) is 3. The molecule has 2 aromatic rings. The topological polar surface area (TPSA) is 74.4 Å². The van der Waals surface area contributed by atoms with Crippen LogP contribution in [-0.4, -0.2) is 35.3 Å². The summed E-state index contributed by atoms with van der Waals surface area (Å²) in [5.41, 5.74) is 0.915. The number of rotatable bonds is 6. The molecule has 5 heteroatoms. The lowest BCUT2D eigenvalue weighted by atomic mass is 9.92. The first kappa shape index (κ1) is 16.4. The summed E-state index contributed by atoms with van der Waals surface area (Å²) in [6.07, 6.45) is 2.07. The van der Waals surface area contributed by atoms with Crippen LogP contribution in [-0.2, 0) is 11.2 Å². The number of ether oxygens (including phenoxy) is 1. The van der Waals surface area contributed by atoms with Crippen molar-refractivity contribution in [1.29, 1.82) is 0 Å². The SMILES string of the molecule is COc1cccc2[nH]cc(CC(=O)NCC(C)(O)C(C)C)c12. The number of carbonyl (C=O) groups is 1. The second-order valence-electron chi connectivity index (χ2n) is 6.16. The van der Waals surface area contributed by atoms with Crippen LogP contribution in [0.3, 0.4) is 0 Å². The van der Waals surface area contributed by atoms with Gasteiger partial charge in [0.05, 0.1) is 19.1 Å². The Hall–Kier alpha value is -2.01. The maximum atomic E-state index is 12.1. The number of aliphatic hydroxyl groups is 1. The molecule has 5 nitrogen and oxygen atoms in total. The molecule has 0 saturated carbocycles. The number of methoxy groups -OCH3 is 1. The van der Waals surface area contributed by atoms with Crippen molar-refractivity contribution >= 4 is 16.8 Å². The molecule has 1 aromatic carbocycles. The Balaban J connectivity index is 2.10. The molecule has 0 aliphatic rings. The molecular formula is C17H24N2O3. The van der Waals surface area contributed by atoms with Gasteiger partial charge in [0.25, 0.3) is 0 Å². The summed E-state index contributed by atoms with van der Waals surface area (Å²) in [5.74, 6) is 0.699. The summed E-state index contributed by atoms with van der Waals surface area (Å²) in [4.78, 5) is 15.3. The quantitative estimate of drug-likeness (QED) is 0.766. The number of H-pyrrole nitrogens is 1. The first-order valence-electron chi connectivity index (χ1n) is 7.47. The number of carbonyl (C=O) groups excluding carboxylic acids is 1. The molecule has 1 atom stereocenters. The Labute approximate surface area is 130 Å². The van der Waals surface area contributed by atoms with Crippen LogP contribution in [0, 0.1) is 5.92 Å². The van der Waals surface area contributed by atoms with Gasteiger partial charge < -0.3 is 20.1 Å². The smallest absolute Gasteiger partial charge is 0.224 e.